The average Bonchev–Trinajstić information content (AvgIpc) is 2.41. The van der Waals surface area contributed by atoms with Crippen molar-refractivity contribution in [2.75, 3.05) is 0 Å². The van der Waals surface area contributed by atoms with Gasteiger partial charge in [0.2, 0.25) is 5.88 Å². The first-order valence-electron chi connectivity index (χ1n) is 5.90. The molecule has 104 valence electrons. The lowest BCUT2D eigenvalue weighted by atomic mass is 10.1. The zero-order chi connectivity index (χ0) is 14.7. The Hall–Kier alpha value is -2.08. The summed E-state index contributed by atoms with van der Waals surface area (Å²) in [5.41, 5.74) is 8.08. The van der Waals surface area contributed by atoms with Gasteiger partial charge in [0.1, 0.15) is 5.75 Å². The number of rotatable bonds is 3. The lowest BCUT2D eigenvalue weighted by Crippen LogP contribution is -2.16. The van der Waals surface area contributed by atoms with Crippen LogP contribution in [0.1, 0.15) is 16.7 Å². The van der Waals surface area contributed by atoms with Crippen LogP contribution in [0.4, 0.5) is 0 Å². The third kappa shape index (κ3) is 2.91. The summed E-state index contributed by atoms with van der Waals surface area (Å²) >= 11 is 3.44. The molecule has 0 aliphatic rings. The van der Waals surface area contributed by atoms with E-state index >= 15 is 0 Å². The van der Waals surface area contributed by atoms with Crippen LogP contribution in [0.15, 0.2) is 40.1 Å². The second-order valence-corrected chi connectivity index (χ2v) is 5.18. The molecule has 0 amide bonds. The van der Waals surface area contributed by atoms with Gasteiger partial charge in [0, 0.05) is 6.20 Å². The molecule has 5 nitrogen and oxygen atoms in total. The SMILES string of the molecule is Cc1ccc(Oc2nccc(C)c2/C(N)=N/O)c(Br)c1. The van der Waals surface area contributed by atoms with Crippen molar-refractivity contribution >= 4 is 21.8 Å². The van der Waals surface area contributed by atoms with Gasteiger partial charge in [-0.25, -0.2) is 4.98 Å². The molecule has 0 fully saturated rings. The number of nitrogens with two attached hydrogens (primary N) is 1. The van der Waals surface area contributed by atoms with Crippen molar-refractivity contribution in [3.8, 4) is 11.6 Å². The highest BCUT2D eigenvalue weighted by Crippen LogP contribution is 2.31. The van der Waals surface area contributed by atoms with Gasteiger partial charge >= 0.3 is 0 Å². The Kier molecular flexibility index (Phi) is 4.24. The van der Waals surface area contributed by atoms with Crippen molar-refractivity contribution in [2.24, 2.45) is 10.9 Å². The second kappa shape index (κ2) is 5.92. The van der Waals surface area contributed by atoms with E-state index in [1.807, 2.05) is 32.0 Å². The van der Waals surface area contributed by atoms with E-state index in [1.54, 1.807) is 12.3 Å². The molecule has 2 aromatic rings. The Bertz CT molecular complexity index is 671. The van der Waals surface area contributed by atoms with Crippen molar-refractivity contribution in [2.45, 2.75) is 13.8 Å². The van der Waals surface area contributed by atoms with E-state index in [-0.39, 0.29) is 5.84 Å². The highest BCUT2D eigenvalue weighted by molar-refractivity contribution is 9.10. The van der Waals surface area contributed by atoms with Gasteiger partial charge in [0.05, 0.1) is 10.0 Å². The maximum absolute atomic E-state index is 8.86. The molecule has 0 atom stereocenters. The van der Waals surface area contributed by atoms with E-state index in [1.165, 1.54) is 0 Å². The van der Waals surface area contributed by atoms with Crippen LogP contribution < -0.4 is 10.5 Å². The topological polar surface area (TPSA) is 80.7 Å². The maximum Gasteiger partial charge on any atom is 0.230 e. The van der Waals surface area contributed by atoms with Crippen LogP contribution in [0.25, 0.3) is 0 Å². The number of hydrogen-bond donors (Lipinski definition) is 2. The van der Waals surface area contributed by atoms with Crippen LogP contribution in [0.2, 0.25) is 0 Å². The number of hydrogen-bond acceptors (Lipinski definition) is 4. The summed E-state index contributed by atoms with van der Waals surface area (Å²) < 4.78 is 6.58. The first-order chi connectivity index (χ1) is 9.52. The predicted octanol–water partition coefficient (Wildman–Crippen LogP) is 3.35. The Labute approximate surface area is 125 Å². The number of amidine groups is 1. The zero-order valence-corrected chi connectivity index (χ0v) is 12.7. The molecular weight excluding hydrogens is 322 g/mol. The first-order valence-corrected chi connectivity index (χ1v) is 6.69. The monoisotopic (exact) mass is 335 g/mol. The predicted molar refractivity (Wildman–Crippen MR) is 80.4 cm³/mol. The third-order valence-electron chi connectivity index (χ3n) is 2.78. The summed E-state index contributed by atoms with van der Waals surface area (Å²) in [6.45, 7) is 3.83. The standard InChI is InChI=1S/C14H14BrN3O2/c1-8-3-4-11(10(15)7-8)20-14-12(13(16)18-19)9(2)5-6-17-14/h3-7,19H,1-2H3,(H2,16,18). The molecule has 3 N–H and O–H groups in total. The summed E-state index contributed by atoms with van der Waals surface area (Å²) in [7, 11) is 0. The summed E-state index contributed by atoms with van der Waals surface area (Å²) in [4.78, 5) is 4.15. The van der Waals surface area contributed by atoms with Crippen LogP contribution in [0.3, 0.4) is 0 Å². The fourth-order valence-electron chi connectivity index (χ4n) is 1.77. The van der Waals surface area contributed by atoms with Crippen molar-refractivity contribution in [3.05, 3.63) is 51.6 Å². The lowest BCUT2D eigenvalue weighted by Gasteiger charge is -2.12. The molecule has 0 saturated heterocycles. The van der Waals surface area contributed by atoms with E-state index in [0.29, 0.717) is 17.2 Å². The highest BCUT2D eigenvalue weighted by atomic mass is 79.9. The molecule has 1 aromatic carbocycles. The number of halogens is 1. The largest absolute Gasteiger partial charge is 0.437 e. The number of aromatic nitrogens is 1. The Morgan fingerprint density at radius 3 is 2.75 bits per heavy atom. The van der Waals surface area contributed by atoms with Crippen LogP contribution >= 0.6 is 15.9 Å². The minimum atomic E-state index is -0.0335. The average molecular weight is 336 g/mol. The van der Waals surface area contributed by atoms with E-state index < -0.39 is 0 Å². The fourth-order valence-corrected chi connectivity index (χ4v) is 2.34. The van der Waals surface area contributed by atoms with E-state index in [9.17, 15) is 0 Å². The van der Waals surface area contributed by atoms with Crippen molar-refractivity contribution < 1.29 is 9.94 Å². The van der Waals surface area contributed by atoms with Crippen LogP contribution in [0.5, 0.6) is 11.6 Å². The van der Waals surface area contributed by atoms with Gasteiger partial charge < -0.3 is 15.7 Å². The van der Waals surface area contributed by atoms with Gasteiger partial charge in [-0.3, -0.25) is 0 Å². The fraction of sp³-hybridized carbons (Fsp3) is 0.143. The molecule has 2 rings (SSSR count). The molecule has 1 aromatic heterocycles. The summed E-state index contributed by atoms with van der Waals surface area (Å²) in [5.74, 6) is 0.874. The number of oxime groups is 1. The number of aryl methyl sites for hydroxylation is 2. The highest BCUT2D eigenvalue weighted by Gasteiger charge is 2.15. The number of ether oxygens (including phenoxy) is 1. The lowest BCUT2D eigenvalue weighted by molar-refractivity contribution is 0.318. The van der Waals surface area contributed by atoms with Crippen molar-refractivity contribution in [3.63, 3.8) is 0 Å². The third-order valence-corrected chi connectivity index (χ3v) is 3.40. The summed E-state index contributed by atoms with van der Waals surface area (Å²) in [6.07, 6.45) is 1.61. The van der Waals surface area contributed by atoms with Gasteiger partial charge in [-0.1, -0.05) is 11.2 Å². The smallest absolute Gasteiger partial charge is 0.230 e. The van der Waals surface area contributed by atoms with Gasteiger partial charge in [-0.05, 0) is 59.1 Å². The van der Waals surface area contributed by atoms with Gasteiger partial charge in [-0.2, -0.15) is 0 Å². The molecule has 0 aliphatic carbocycles. The Morgan fingerprint density at radius 1 is 1.35 bits per heavy atom. The molecular formula is C14H14BrN3O2. The number of pyridine rings is 1. The molecule has 0 bridgehead atoms. The normalized spacial score (nSPS) is 11.4. The summed E-state index contributed by atoms with van der Waals surface area (Å²) in [5, 5.41) is 11.9. The van der Waals surface area contributed by atoms with E-state index in [2.05, 4.69) is 26.1 Å². The molecule has 0 saturated carbocycles. The molecule has 20 heavy (non-hydrogen) atoms. The van der Waals surface area contributed by atoms with E-state index in [0.717, 1.165) is 15.6 Å². The molecule has 0 aliphatic heterocycles. The molecule has 6 heteroatoms. The quantitative estimate of drug-likeness (QED) is 0.390. The maximum atomic E-state index is 8.86. The van der Waals surface area contributed by atoms with Crippen LogP contribution in [-0.4, -0.2) is 16.0 Å². The van der Waals surface area contributed by atoms with Gasteiger partial charge in [-0.15, -0.1) is 0 Å². The Morgan fingerprint density at radius 2 is 2.10 bits per heavy atom. The molecule has 0 unspecified atom stereocenters. The molecule has 0 radical (unpaired) electrons. The van der Waals surface area contributed by atoms with Crippen molar-refractivity contribution in [1.82, 2.24) is 4.98 Å². The second-order valence-electron chi connectivity index (χ2n) is 4.33. The van der Waals surface area contributed by atoms with E-state index in [4.69, 9.17) is 15.7 Å². The summed E-state index contributed by atoms with van der Waals surface area (Å²) in [6, 6.07) is 7.47. The van der Waals surface area contributed by atoms with Crippen molar-refractivity contribution in [1.29, 1.82) is 0 Å². The van der Waals surface area contributed by atoms with Crippen LogP contribution in [-0.2, 0) is 0 Å². The minimum absolute atomic E-state index is 0.0335. The minimum Gasteiger partial charge on any atom is -0.437 e. The first kappa shape index (κ1) is 14.3. The number of nitrogens with zero attached hydrogens (tertiary/aromatic N) is 2. The zero-order valence-electron chi connectivity index (χ0n) is 11.1. The van der Waals surface area contributed by atoms with Gasteiger partial charge in [0.25, 0.3) is 0 Å². The van der Waals surface area contributed by atoms with Gasteiger partial charge in [0.15, 0.2) is 5.84 Å². The molecule has 0 spiro atoms. The van der Waals surface area contributed by atoms with Crippen LogP contribution in [0, 0.1) is 13.8 Å². The molecule has 1 heterocycles. The number of benzene rings is 1. The Balaban J connectivity index is 2.46.